The monoisotopic (exact) mass is 224 g/mol. The van der Waals surface area contributed by atoms with Gasteiger partial charge in [0.15, 0.2) is 0 Å². The molecule has 0 saturated carbocycles. The number of hydrogen-bond donors (Lipinski definition) is 1. The van der Waals surface area contributed by atoms with Crippen LogP contribution in [-0.2, 0) is 6.54 Å². The van der Waals surface area contributed by atoms with Gasteiger partial charge in [-0.15, -0.1) is 0 Å². The number of carbonyl (C=O) groups is 1. The van der Waals surface area contributed by atoms with E-state index in [2.05, 4.69) is 0 Å². The number of benzene rings is 1. The zero-order valence-electron chi connectivity index (χ0n) is 9.66. The summed E-state index contributed by atoms with van der Waals surface area (Å²) < 4.78 is 13.6. The predicted molar refractivity (Wildman–Crippen MR) is 61.5 cm³/mol. The molecule has 1 rings (SSSR count). The third-order valence-corrected chi connectivity index (χ3v) is 2.41. The molecule has 0 radical (unpaired) electrons. The molecule has 1 aromatic carbocycles. The second-order valence-corrected chi connectivity index (χ2v) is 3.75. The number of nitrogens with zero attached hydrogens (tertiary/aromatic N) is 1. The Labute approximate surface area is 95.0 Å². The summed E-state index contributed by atoms with van der Waals surface area (Å²) in [7, 11) is 1.67. The molecule has 0 atom stereocenters. The fourth-order valence-corrected chi connectivity index (χ4v) is 1.50. The highest BCUT2D eigenvalue weighted by molar-refractivity contribution is 5.94. The molecular formula is C12H17FN2O. The molecule has 1 amide bonds. The van der Waals surface area contributed by atoms with Crippen molar-refractivity contribution >= 4 is 5.91 Å². The van der Waals surface area contributed by atoms with Crippen LogP contribution in [0.3, 0.4) is 0 Å². The molecule has 2 N–H and O–H groups in total. The van der Waals surface area contributed by atoms with Crippen molar-refractivity contribution in [2.24, 2.45) is 5.73 Å². The molecule has 0 heterocycles. The first kappa shape index (κ1) is 12.6. The standard InChI is InChI=1S/C12H17FN2O/c1-3-6-15(2)12(16)10-5-4-9(8-14)7-11(10)13/h4-5,7H,3,6,8,14H2,1-2H3. The molecular weight excluding hydrogens is 207 g/mol. The summed E-state index contributed by atoms with van der Waals surface area (Å²) in [5.41, 5.74) is 6.18. The minimum Gasteiger partial charge on any atom is -0.342 e. The third kappa shape index (κ3) is 2.79. The minimum atomic E-state index is -0.504. The lowest BCUT2D eigenvalue weighted by molar-refractivity contribution is 0.0790. The Morgan fingerprint density at radius 2 is 2.19 bits per heavy atom. The Morgan fingerprint density at radius 1 is 1.50 bits per heavy atom. The molecule has 0 unspecified atom stereocenters. The van der Waals surface area contributed by atoms with Crippen LogP contribution in [-0.4, -0.2) is 24.4 Å². The van der Waals surface area contributed by atoms with Crippen LogP contribution < -0.4 is 5.73 Å². The van der Waals surface area contributed by atoms with Crippen LogP contribution in [0, 0.1) is 5.82 Å². The molecule has 0 aliphatic rings. The lowest BCUT2D eigenvalue weighted by atomic mass is 10.1. The quantitative estimate of drug-likeness (QED) is 0.847. The average Bonchev–Trinajstić information content (AvgIpc) is 2.28. The van der Waals surface area contributed by atoms with Crippen LogP contribution >= 0.6 is 0 Å². The normalized spacial score (nSPS) is 10.2. The van der Waals surface area contributed by atoms with E-state index in [9.17, 15) is 9.18 Å². The first-order valence-electron chi connectivity index (χ1n) is 5.34. The average molecular weight is 224 g/mol. The summed E-state index contributed by atoms with van der Waals surface area (Å²) in [6.45, 7) is 2.87. The van der Waals surface area contributed by atoms with Gasteiger partial charge in [0.1, 0.15) is 5.82 Å². The molecule has 0 bridgehead atoms. The van der Waals surface area contributed by atoms with Gasteiger partial charge in [0.05, 0.1) is 5.56 Å². The lowest BCUT2D eigenvalue weighted by Crippen LogP contribution is -2.28. The van der Waals surface area contributed by atoms with Crippen molar-refractivity contribution in [1.82, 2.24) is 4.90 Å². The van der Waals surface area contributed by atoms with Crippen molar-refractivity contribution in [2.75, 3.05) is 13.6 Å². The summed E-state index contributed by atoms with van der Waals surface area (Å²) >= 11 is 0. The molecule has 0 aromatic heterocycles. The second kappa shape index (κ2) is 5.61. The van der Waals surface area contributed by atoms with Crippen LogP contribution in [0.4, 0.5) is 4.39 Å². The van der Waals surface area contributed by atoms with Crippen molar-refractivity contribution in [2.45, 2.75) is 19.9 Å². The van der Waals surface area contributed by atoms with E-state index < -0.39 is 5.82 Å². The van der Waals surface area contributed by atoms with Crippen molar-refractivity contribution in [3.8, 4) is 0 Å². The Morgan fingerprint density at radius 3 is 2.69 bits per heavy atom. The zero-order valence-corrected chi connectivity index (χ0v) is 9.66. The molecule has 0 spiro atoms. The zero-order chi connectivity index (χ0) is 12.1. The van der Waals surface area contributed by atoms with Gasteiger partial charge < -0.3 is 10.6 Å². The van der Waals surface area contributed by atoms with Gasteiger partial charge in [-0.1, -0.05) is 13.0 Å². The highest BCUT2D eigenvalue weighted by Crippen LogP contribution is 2.12. The van der Waals surface area contributed by atoms with Crippen LogP contribution in [0.1, 0.15) is 29.3 Å². The molecule has 0 fully saturated rings. The van der Waals surface area contributed by atoms with Crippen LogP contribution in [0.5, 0.6) is 0 Å². The summed E-state index contributed by atoms with van der Waals surface area (Å²) in [5, 5.41) is 0. The van der Waals surface area contributed by atoms with Gasteiger partial charge in [-0.2, -0.15) is 0 Å². The first-order valence-corrected chi connectivity index (χ1v) is 5.34. The van der Waals surface area contributed by atoms with Gasteiger partial charge in [-0.05, 0) is 24.1 Å². The Kier molecular flexibility index (Phi) is 4.43. The Balaban J connectivity index is 2.91. The van der Waals surface area contributed by atoms with Gasteiger partial charge in [0.25, 0.3) is 5.91 Å². The largest absolute Gasteiger partial charge is 0.342 e. The third-order valence-electron chi connectivity index (χ3n) is 2.41. The van der Waals surface area contributed by atoms with Gasteiger partial charge >= 0.3 is 0 Å². The molecule has 88 valence electrons. The Bertz CT molecular complexity index is 379. The second-order valence-electron chi connectivity index (χ2n) is 3.75. The van der Waals surface area contributed by atoms with Crippen molar-refractivity contribution in [1.29, 1.82) is 0 Å². The van der Waals surface area contributed by atoms with Crippen LogP contribution in [0.25, 0.3) is 0 Å². The summed E-state index contributed by atoms with van der Waals surface area (Å²) in [6.07, 6.45) is 0.852. The summed E-state index contributed by atoms with van der Waals surface area (Å²) in [4.78, 5) is 13.3. The smallest absolute Gasteiger partial charge is 0.256 e. The molecule has 1 aromatic rings. The molecule has 4 heteroatoms. The van der Waals surface area contributed by atoms with Crippen molar-refractivity contribution < 1.29 is 9.18 Å². The van der Waals surface area contributed by atoms with E-state index in [-0.39, 0.29) is 18.0 Å². The first-order chi connectivity index (χ1) is 7.60. The minimum absolute atomic E-state index is 0.105. The number of halogens is 1. The summed E-state index contributed by atoms with van der Waals surface area (Å²) in [5.74, 6) is -0.793. The highest BCUT2D eigenvalue weighted by atomic mass is 19.1. The molecule has 0 saturated heterocycles. The van der Waals surface area contributed by atoms with E-state index in [0.29, 0.717) is 12.1 Å². The van der Waals surface area contributed by atoms with E-state index in [1.165, 1.54) is 17.0 Å². The lowest BCUT2D eigenvalue weighted by Gasteiger charge is -2.16. The van der Waals surface area contributed by atoms with Crippen LogP contribution in [0.15, 0.2) is 18.2 Å². The number of carbonyl (C=O) groups excluding carboxylic acids is 1. The van der Waals surface area contributed by atoms with Crippen LogP contribution in [0.2, 0.25) is 0 Å². The fourth-order valence-electron chi connectivity index (χ4n) is 1.50. The number of nitrogens with two attached hydrogens (primary N) is 1. The predicted octanol–water partition coefficient (Wildman–Crippen LogP) is 1.77. The maximum Gasteiger partial charge on any atom is 0.256 e. The van der Waals surface area contributed by atoms with Gasteiger partial charge in [0, 0.05) is 20.1 Å². The van der Waals surface area contributed by atoms with E-state index in [4.69, 9.17) is 5.73 Å². The maximum atomic E-state index is 13.6. The van der Waals surface area contributed by atoms with Gasteiger partial charge in [-0.3, -0.25) is 4.79 Å². The van der Waals surface area contributed by atoms with Gasteiger partial charge in [0.2, 0.25) is 0 Å². The number of rotatable bonds is 4. The van der Waals surface area contributed by atoms with E-state index >= 15 is 0 Å². The molecule has 0 aliphatic heterocycles. The van der Waals surface area contributed by atoms with Crippen molar-refractivity contribution in [3.05, 3.63) is 35.1 Å². The summed E-state index contributed by atoms with van der Waals surface area (Å²) in [6, 6.07) is 4.48. The number of amides is 1. The number of hydrogen-bond acceptors (Lipinski definition) is 2. The molecule has 0 aliphatic carbocycles. The van der Waals surface area contributed by atoms with E-state index in [1.54, 1.807) is 13.1 Å². The SMILES string of the molecule is CCCN(C)C(=O)c1ccc(CN)cc1F. The van der Waals surface area contributed by atoms with E-state index in [1.807, 2.05) is 6.92 Å². The highest BCUT2D eigenvalue weighted by Gasteiger charge is 2.15. The van der Waals surface area contributed by atoms with Gasteiger partial charge in [-0.25, -0.2) is 4.39 Å². The maximum absolute atomic E-state index is 13.6. The van der Waals surface area contributed by atoms with E-state index in [0.717, 1.165) is 6.42 Å². The topological polar surface area (TPSA) is 46.3 Å². The molecule has 16 heavy (non-hydrogen) atoms. The van der Waals surface area contributed by atoms with Crippen molar-refractivity contribution in [3.63, 3.8) is 0 Å². The Hall–Kier alpha value is -1.42. The molecule has 3 nitrogen and oxygen atoms in total. The fraction of sp³-hybridized carbons (Fsp3) is 0.417.